The van der Waals surface area contributed by atoms with Gasteiger partial charge in [0.15, 0.2) is 11.9 Å². The fourth-order valence-electron chi connectivity index (χ4n) is 2.66. The largest absolute Gasteiger partial charge is 0.453 e. The Labute approximate surface area is 174 Å². The molecule has 6 nitrogen and oxygen atoms in total. The van der Waals surface area contributed by atoms with Gasteiger partial charge in [-0.15, -0.1) is 0 Å². The Morgan fingerprint density at radius 1 is 1.07 bits per heavy atom. The van der Waals surface area contributed by atoms with Crippen LogP contribution in [0.4, 0.5) is 5.69 Å². The van der Waals surface area contributed by atoms with Crippen LogP contribution in [0, 0.1) is 11.3 Å². The number of nitrogens with zero attached hydrogens (tertiary/aromatic N) is 2. The molecule has 7 heteroatoms. The van der Waals surface area contributed by atoms with Gasteiger partial charge in [-0.25, -0.2) is 0 Å². The average molecular weight is 413 g/mol. The molecule has 0 heterocycles. The van der Waals surface area contributed by atoms with E-state index in [1.807, 2.05) is 12.1 Å². The first-order valence-electron chi connectivity index (χ1n) is 9.14. The van der Waals surface area contributed by atoms with E-state index in [-0.39, 0.29) is 31.6 Å². The summed E-state index contributed by atoms with van der Waals surface area (Å²) in [7, 11) is 0. The summed E-state index contributed by atoms with van der Waals surface area (Å²) >= 11 is 5.79. The van der Waals surface area contributed by atoms with Gasteiger partial charge in [0.25, 0.3) is 5.91 Å². The van der Waals surface area contributed by atoms with E-state index in [0.717, 1.165) is 0 Å². The molecule has 0 aliphatic heterocycles. The van der Waals surface area contributed by atoms with Crippen molar-refractivity contribution in [2.45, 2.75) is 32.3 Å². The highest BCUT2D eigenvalue weighted by atomic mass is 35.5. The molecule has 0 spiro atoms. The number of halogens is 1. The molecule has 2 aromatic carbocycles. The molecule has 1 amide bonds. The maximum Gasteiger partial charge on any atom is 0.307 e. The van der Waals surface area contributed by atoms with Crippen LogP contribution >= 0.6 is 11.6 Å². The Kier molecular flexibility index (Phi) is 8.38. The van der Waals surface area contributed by atoms with Gasteiger partial charge in [0.2, 0.25) is 0 Å². The van der Waals surface area contributed by atoms with Crippen LogP contribution in [-0.4, -0.2) is 30.3 Å². The van der Waals surface area contributed by atoms with E-state index in [1.54, 1.807) is 48.5 Å². The number of carbonyl (C=O) groups excluding carboxylic acids is 3. The Balaban J connectivity index is 1.92. The van der Waals surface area contributed by atoms with E-state index in [4.69, 9.17) is 21.6 Å². The van der Waals surface area contributed by atoms with Crippen LogP contribution in [0.25, 0.3) is 0 Å². The molecule has 0 aliphatic rings. The van der Waals surface area contributed by atoms with E-state index >= 15 is 0 Å². The topological polar surface area (TPSA) is 87.5 Å². The number of carbonyl (C=O) groups is 3. The number of Topliss-reactive ketones (excluding diaryl/α,β-unsaturated/α-hetero) is 1. The molecule has 0 radical (unpaired) electrons. The molecule has 1 unspecified atom stereocenters. The number of rotatable bonds is 9. The van der Waals surface area contributed by atoms with Crippen molar-refractivity contribution < 1.29 is 19.1 Å². The molecular formula is C22H21ClN2O4. The number of amides is 1. The molecule has 0 N–H and O–H groups in total. The van der Waals surface area contributed by atoms with Gasteiger partial charge in [-0.2, -0.15) is 5.26 Å². The van der Waals surface area contributed by atoms with Crippen LogP contribution in [0.3, 0.4) is 0 Å². The lowest BCUT2D eigenvalue weighted by Crippen LogP contribution is -2.40. The van der Waals surface area contributed by atoms with Crippen molar-refractivity contribution in [3.63, 3.8) is 0 Å². The van der Waals surface area contributed by atoms with Crippen LogP contribution in [-0.2, 0) is 14.3 Å². The minimum atomic E-state index is -1.04. The van der Waals surface area contributed by atoms with Crippen LogP contribution in [0.5, 0.6) is 0 Å². The second kappa shape index (κ2) is 11.0. The number of hydrogen-bond acceptors (Lipinski definition) is 5. The molecule has 2 aromatic rings. The lowest BCUT2D eigenvalue weighted by molar-refractivity contribution is -0.153. The van der Waals surface area contributed by atoms with Gasteiger partial charge in [-0.3, -0.25) is 14.4 Å². The summed E-state index contributed by atoms with van der Waals surface area (Å²) < 4.78 is 5.21. The Bertz CT molecular complexity index is 891. The van der Waals surface area contributed by atoms with Crippen LogP contribution < -0.4 is 4.90 Å². The van der Waals surface area contributed by atoms with Crippen molar-refractivity contribution in [2.24, 2.45) is 0 Å². The summed E-state index contributed by atoms with van der Waals surface area (Å²) in [6, 6.07) is 17.3. The molecular weight excluding hydrogens is 392 g/mol. The Morgan fingerprint density at radius 3 is 2.34 bits per heavy atom. The third-order valence-electron chi connectivity index (χ3n) is 4.16. The van der Waals surface area contributed by atoms with Gasteiger partial charge in [-0.1, -0.05) is 29.8 Å². The summed E-state index contributed by atoms with van der Waals surface area (Å²) in [5.74, 6) is -1.28. The summed E-state index contributed by atoms with van der Waals surface area (Å²) in [6.45, 7) is 1.67. The zero-order valence-corrected chi connectivity index (χ0v) is 16.8. The Hall–Kier alpha value is -3.17. The molecule has 0 bridgehead atoms. The predicted octanol–water partition coefficient (Wildman–Crippen LogP) is 4.18. The van der Waals surface area contributed by atoms with Crippen molar-refractivity contribution in [3.8, 4) is 6.07 Å². The quantitative estimate of drug-likeness (QED) is 0.455. The number of anilines is 1. The molecule has 0 saturated carbocycles. The molecule has 2 rings (SSSR count). The lowest BCUT2D eigenvalue weighted by atomic mass is 10.1. The van der Waals surface area contributed by atoms with Crippen molar-refractivity contribution in [1.82, 2.24) is 0 Å². The summed E-state index contributed by atoms with van der Waals surface area (Å²) in [5, 5.41) is 9.37. The standard InChI is InChI=1S/C22H21ClN2O4/c1-16(22(28)25(15-5-14-24)19-6-3-2-4-7-19)29-21(27)13-12-20(26)17-8-10-18(23)11-9-17/h2-4,6-11,16H,5,12-13,15H2,1H3. The highest BCUT2D eigenvalue weighted by Crippen LogP contribution is 2.17. The second-order valence-corrected chi connectivity index (χ2v) is 6.73. The fraction of sp³-hybridized carbons (Fsp3) is 0.273. The van der Waals surface area contributed by atoms with Gasteiger partial charge in [0.1, 0.15) is 0 Å². The second-order valence-electron chi connectivity index (χ2n) is 6.30. The number of benzene rings is 2. The number of para-hydroxylation sites is 1. The smallest absolute Gasteiger partial charge is 0.307 e. The van der Waals surface area contributed by atoms with Crippen molar-refractivity contribution in [2.75, 3.05) is 11.4 Å². The van der Waals surface area contributed by atoms with Gasteiger partial charge in [-0.05, 0) is 43.3 Å². The highest BCUT2D eigenvalue weighted by Gasteiger charge is 2.25. The van der Waals surface area contributed by atoms with Crippen LogP contribution in [0.1, 0.15) is 36.5 Å². The third-order valence-corrected chi connectivity index (χ3v) is 4.41. The van der Waals surface area contributed by atoms with E-state index in [2.05, 4.69) is 0 Å². The van der Waals surface area contributed by atoms with Gasteiger partial charge >= 0.3 is 5.97 Å². The first kappa shape index (κ1) is 22.1. The van der Waals surface area contributed by atoms with E-state index in [1.165, 1.54) is 11.8 Å². The summed E-state index contributed by atoms with van der Waals surface area (Å²) in [4.78, 5) is 38.4. The van der Waals surface area contributed by atoms with Crippen molar-refractivity contribution in [3.05, 3.63) is 65.2 Å². The summed E-state index contributed by atoms with van der Waals surface area (Å²) in [5.41, 5.74) is 1.08. The molecule has 0 aliphatic carbocycles. The molecule has 0 aromatic heterocycles. The minimum Gasteiger partial charge on any atom is -0.453 e. The number of ketones is 1. The van der Waals surface area contributed by atoms with E-state index in [0.29, 0.717) is 16.3 Å². The zero-order valence-electron chi connectivity index (χ0n) is 16.0. The number of esters is 1. The number of hydrogen-bond donors (Lipinski definition) is 0. The molecule has 1 atom stereocenters. The summed E-state index contributed by atoms with van der Waals surface area (Å²) in [6.07, 6.45) is -1.05. The van der Waals surface area contributed by atoms with E-state index < -0.39 is 18.0 Å². The normalized spacial score (nSPS) is 11.2. The van der Waals surface area contributed by atoms with Crippen LogP contribution in [0.2, 0.25) is 5.02 Å². The van der Waals surface area contributed by atoms with Crippen LogP contribution in [0.15, 0.2) is 54.6 Å². The fourth-order valence-corrected chi connectivity index (χ4v) is 2.78. The minimum absolute atomic E-state index is 0.0296. The maximum atomic E-state index is 12.7. The first-order chi connectivity index (χ1) is 13.9. The first-order valence-corrected chi connectivity index (χ1v) is 9.51. The third kappa shape index (κ3) is 6.74. The van der Waals surface area contributed by atoms with Gasteiger partial charge < -0.3 is 9.64 Å². The number of ether oxygens (including phenoxy) is 1. The average Bonchev–Trinajstić information content (AvgIpc) is 2.73. The highest BCUT2D eigenvalue weighted by molar-refractivity contribution is 6.30. The maximum absolute atomic E-state index is 12.7. The zero-order chi connectivity index (χ0) is 21.2. The van der Waals surface area contributed by atoms with Crippen molar-refractivity contribution >= 4 is 34.9 Å². The Morgan fingerprint density at radius 2 is 1.72 bits per heavy atom. The van der Waals surface area contributed by atoms with E-state index in [9.17, 15) is 14.4 Å². The lowest BCUT2D eigenvalue weighted by Gasteiger charge is -2.25. The van der Waals surface area contributed by atoms with Gasteiger partial charge in [0, 0.05) is 29.2 Å². The molecule has 0 saturated heterocycles. The molecule has 29 heavy (non-hydrogen) atoms. The molecule has 150 valence electrons. The predicted molar refractivity (Wildman–Crippen MR) is 110 cm³/mol. The van der Waals surface area contributed by atoms with Crippen molar-refractivity contribution in [1.29, 1.82) is 5.26 Å². The SMILES string of the molecule is CC(OC(=O)CCC(=O)c1ccc(Cl)cc1)C(=O)N(CCC#N)c1ccccc1. The molecule has 0 fully saturated rings. The van der Waals surface area contributed by atoms with Gasteiger partial charge in [0.05, 0.1) is 18.9 Å². The monoisotopic (exact) mass is 412 g/mol. The number of nitriles is 1.